The van der Waals surface area contributed by atoms with Crippen molar-refractivity contribution in [1.29, 1.82) is 0 Å². The summed E-state index contributed by atoms with van der Waals surface area (Å²) in [5.41, 5.74) is 0. The van der Waals surface area contributed by atoms with Crippen LogP contribution in [0.25, 0.3) is 0 Å². The fraction of sp³-hybridized carbons (Fsp3) is 0.750. The van der Waals surface area contributed by atoms with Crippen molar-refractivity contribution in [2.75, 3.05) is 13.2 Å². The summed E-state index contributed by atoms with van der Waals surface area (Å²) in [6.07, 6.45) is -3.08. The normalized spacial score (nSPS) is 13.8. The molecule has 0 aromatic heterocycles. The van der Waals surface area contributed by atoms with E-state index in [0.29, 0.717) is 6.42 Å². The molecule has 0 amide bonds. The van der Waals surface area contributed by atoms with E-state index in [1.165, 1.54) is 20.8 Å². The van der Waals surface area contributed by atoms with E-state index in [9.17, 15) is 24.0 Å². The van der Waals surface area contributed by atoms with Crippen LogP contribution in [0.15, 0.2) is 0 Å². The van der Waals surface area contributed by atoms with Gasteiger partial charge in [-0.25, -0.2) is 0 Å². The molecule has 0 rings (SSSR count). The minimum absolute atomic E-state index is 0.0331. The van der Waals surface area contributed by atoms with Crippen molar-refractivity contribution in [2.45, 2.75) is 73.2 Å². The Morgan fingerprint density at radius 1 is 0.600 bits per heavy atom. The van der Waals surface area contributed by atoms with Gasteiger partial charge in [0.15, 0.2) is 12.2 Å². The number of carbonyl (C=O) groups excluding carboxylic acids is 5. The summed E-state index contributed by atoms with van der Waals surface area (Å²) in [5, 5.41) is 0. The smallest absolute Gasteiger partial charge is 0.303 e. The van der Waals surface area contributed by atoms with Gasteiger partial charge in [-0.2, -0.15) is 0 Å². The fourth-order valence-corrected chi connectivity index (χ4v) is 2.78. The third-order valence-corrected chi connectivity index (χ3v) is 3.78. The molecule has 0 radical (unpaired) electrons. The summed E-state index contributed by atoms with van der Waals surface area (Å²) in [4.78, 5) is 57.9. The Morgan fingerprint density at radius 2 is 1.00 bits per heavy atom. The second kappa shape index (κ2) is 13.6. The van der Waals surface area contributed by atoms with Gasteiger partial charge >= 0.3 is 29.8 Å². The molecule has 0 aromatic rings. The fourth-order valence-electron chi connectivity index (χ4n) is 2.78. The van der Waals surface area contributed by atoms with Crippen molar-refractivity contribution in [3.05, 3.63) is 0 Å². The predicted molar refractivity (Wildman–Crippen MR) is 103 cm³/mol. The molecule has 172 valence electrons. The summed E-state index contributed by atoms with van der Waals surface area (Å²) in [6.45, 7) is 9.06. The minimum Gasteiger partial charge on any atom is -0.465 e. The molecule has 0 saturated heterocycles. The minimum atomic E-state index is -1.21. The van der Waals surface area contributed by atoms with Crippen LogP contribution in [-0.2, 0) is 47.7 Å². The lowest BCUT2D eigenvalue weighted by atomic mass is 9.91. The highest BCUT2D eigenvalue weighted by molar-refractivity contribution is 5.68. The Balaban J connectivity index is 6.17. The molecule has 0 aliphatic heterocycles. The number of ether oxygens (including phenoxy) is 5. The molecule has 3 atom stereocenters. The van der Waals surface area contributed by atoms with E-state index in [1.54, 1.807) is 0 Å². The lowest BCUT2D eigenvalue weighted by Gasteiger charge is -2.36. The lowest BCUT2D eigenvalue weighted by Crippen LogP contribution is -2.51. The van der Waals surface area contributed by atoms with Gasteiger partial charge in [0.2, 0.25) is 0 Å². The molecule has 0 spiro atoms. The van der Waals surface area contributed by atoms with Gasteiger partial charge in [-0.05, 0) is 12.3 Å². The van der Waals surface area contributed by atoms with Crippen LogP contribution in [0, 0.1) is 11.8 Å². The molecule has 0 saturated carbocycles. The first-order chi connectivity index (χ1) is 13.8. The van der Waals surface area contributed by atoms with Crippen molar-refractivity contribution in [1.82, 2.24) is 0 Å². The summed E-state index contributed by atoms with van der Waals surface area (Å²) < 4.78 is 26.2. The zero-order valence-corrected chi connectivity index (χ0v) is 18.6. The van der Waals surface area contributed by atoms with Gasteiger partial charge in [0, 0.05) is 34.6 Å². The molecule has 0 aliphatic rings. The molecule has 0 bridgehead atoms. The average molecular weight is 432 g/mol. The largest absolute Gasteiger partial charge is 0.465 e. The van der Waals surface area contributed by atoms with Crippen LogP contribution in [0.3, 0.4) is 0 Å². The maximum Gasteiger partial charge on any atom is 0.303 e. The van der Waals surface area contributed by atoms with E-state index in [4.69, 9.17) is 23.7 Å². The topological polar surface area (TPSA) is 132 Å². The second-order valence-corrected chi connectivity index (χ2v) is 7.29. The van der Waals surface area contributed by atoms with E-state index in [0.717, 1.165) is 13.8 Å². The maximum absolute atomic E-state index is 11.8. The third-order valence-electron chi connectivity index (χ3n) is 3.78. The van der Waals surface area contributed by atoms with Crippen LogP contribution in [0.5, 0.6) is 0 Å². The van der Waals surface area contributed by atoms with Crippen molar-refractivity contribution < 1.29 is 47.7 Å². The molecule has 3 unspecified atom stereocenters. The highest BCUT2D eigenvalue weighted by Gasteiger charge is 2.42. The summed E-state index contributed by atoms with van der Waals surface area (Å²) in [6, 6.07) is 0. The van der Waals surface area contributed by atoms with E-state index >= 15 is 0 Å². The first-order valence-electron chi connectivity index (χ1n) is 9.61. The highest BCUT2D eigenvalue weighted by atomic mass is 16.6. The van der Waals surface area contributed by atoms with Crippen LogP contribution < -0.4 is 0 Å². The van der Waals surface area contributed by atoms with Crippen LogP contribution in [0.4, 0.5) is 0 Å². The molecule has 10 nitrogen and oxygen atoms in total. The van der Waals surface area contributed by atoms with Gasteiger partial charge in [-0.3, -0.25) is 24.0 Å². The van der Waals surface area contributed by atoms with Gasteiger partial charge in [0.1, 0.15) is 19.3 Å². The Kier molecular flexibility index (Phi) is 12.4. The van der Waals surface area contributed by atoms with E-state index < -0.39 is 54.1 Å². The number of hydrogen-bond acceptors (Lipinski definition) is 10. The molecule has 30 heavy (non-hydrogen) atoms. The molecular weight excluding hydrogens is 400 g/mol. The molecular formula is C20H32O10. The summed E-state index contributed by atoms with van der Waals surface area (Å²) in [5.74, 6) is -4.08. The van der Waals surface area contributed by atoms with Gasteiger partial charge < -0.3 is 23.7 Å². The Morgan fingerprint density at radius 3 is 1.33 bits per heavy atom. The van der Waals surface area contributed by atoms with Crippen LogP contribution in [-0.4, -0.2) is 61.4 Å². The van der Waals surface area contributed by atoms with Crippen LogP contribution >= 0.6 is 0 Å². The Hall–Kier alpha value is -2.65. The zero-order valence-electron chi connectivity index (χ0n) is 18.6. The molecule has 0 fully saturated rings. The maximum atomic E-state index is 11.8. The number of hydrogen-bond donors (Lipinski definition) is 0. The first kappa shape index (κ1) is 27.4. The van der Waals surface area contributed by atoms with Gasteiger partial charge in [0.25, 0.3) is 0 Å². The van der Waals surface area contributed by atoms with Gasteiger partial charge in [0.05, 0.1) is 5.92 Å². The first-order valence-corrected chi connectivity index (χ1v) is 9.61. The third kappa shape index (κ3) is 12.0. The Labute approximate surface area is 176 Å². The molecule has 0 aromatic carbocycles. The van der Waals surface area contributed by atoms with Crippen LogP contribution in [0.2, 0.25) is 0 Å². The van der Waals surface area contributed by atoms with Crippen molar-refractivity contribution in [3.8, 4) is 0 Å². The zero-order chi connectivity index (χ0) is 23.4. The van der Waals surface area contributed by atoms with Crippen molar-refractivity contribution in [3.63, 3.8) is 0 Å². The number of esters is 5. The number of carbonyl (C=O) groups is 5. The molecule has 0 aliphatic carbocycles. The molecule has 0 heterocycles. The monoisotopic (exact) mass is 432 g/mol. The van der Waals surface area contributed by atoms with E-state index in [2.05, 4.69) is 0 Å². The van der Waals surface area contributed by atoms with Gasteiger partial charge in [-0.15, -0.1) is 0 Å². The highest BCUT2D eigenvalue weighted by Crippen LogP contribution is 2.25. The summed E-state index contributed by atoms with van der Waals surface area (Å²) in [7, 11) is 0. The Bertz CT molecular complexity index is 595. The predicted octanol–water partition coefficient (Wildman–Crippen LogP) is 1.57. The van der Waals surface area contributed by atoms with Crippen LogP contribution in [0.1, 0.15) is 54.9 Å². The quantitative estimate of drug-likeness (QED) is 0.331. The van der Waals surface area contributed by atoms with Gasteiger partial charge in [-0.1, -0.05) is 13.8 Å². The summed E-state index contributed by atoms with van der Waals surface area (Å²) >= 11 is 0. The standard InChI is InChI=1S/C20H32O10/c1-11(2)8-18(28-14(5)23)20(30-16(7)25)19(29-15(6)24)17(9-26-12(3)21)10-27-13(4)22/h11,17-20H,8-10H2,1-7H3. The molecule has 10 heteroatoms. The second-order valence-electron chi connectivity index (χ2n) is 7.29. The van der Waals surface area contributed by atoms with Crippen molar-refractivity contribution >= 4 is 29.8 Å². The SMILES string of the molecule is CC(=O)OCC(COC(C)=O)C(OC(C)=O)C(OC(C)=O)C(CC(C)C)OC(C)=O. The van der Waals surface area contributed by atoms with E-state index in [1.807, 2.05) is 13.8 Å². The lowest BCUT2D eigenvalue weighted by molar-refractivity contribution is -0.194. The molecule has 0 N–H and O–H groups in total. The number of rotatable bonds is 12. The van der Waals surface area contributed by atoms with E-state index in [-0.39, 0.29) is 19.1 Å². The van der Waals surface area contributed by atoms with Crippen molar-refractivity contribution in [2.24, 2.45) is 11.8 Å². The average Bonchev–Trinajstić information content (AvgIpc) is 2.56.